The van der Waals surface area contributed by atoms with Gasteiger partial charge in [-0.1, -0.05) is 30.3 Å². The maximum atomic E-state index is 12.7. The number of rotatable bonds is 5. The molecule has 0 aliphatic carbocycles. The fourth-order valence-electron chi connectivity index (χ4n) is 2.67. The Morgan fingerprint density at radius 2 is 1.86 bits per heavy atom. The molecule has 0 aromatic heterocycles. The fourth-order valence-corrected chi connectivity index (χ4v) is 4.10. The SMILES string of the molecule is CN(C)[C@H]1CCCN(S(=O)(=O)N(C)Cc2ccccc2)C1. The third-order valence-electron chi connectivity index (χ3n) is 4.06. The van der Waals surface area contributed by atoms with E-state index in [2.05, 4.69) is 4.90 Å². The summed E-state index contributed by atoms with van der Waals surface area (Å²) >= 11 is 0. The molecular formula is C15H25N3O2S. The Labute approximate surface area is 128 Å². The molecule has 0 unspecified atom stereocenters. The normalized spacial score (nSPS) is 21.1. The van der Waals surface area contributed by atoms with Gasteiger partial charge in [-0.3, -0.25) is 0 Å². The number of hydrogen-bond donors (Lipinski definition) is 0. The van der Waals surface area contributed by atoms with Crippen LogP contribution < -0.4 is 0 Å². The van der Waals surface area contributed by atoms with Crippen molar-refractivity contribution in [1.82, 2.24) is 13.5 Å². The van der Waals surface area contributed by atoms with Crippen LogP contribution >= 0.6 is 0 Å². The summed E-state index contributed by atoms with van der Waals surface area (Å²) < 4.78 is 28.4. The van der Waals surface area contributed by atoms with Crippen LogP contribution in [0.5, 0.6) is 0 Å². The third kappa shape index (κ3) is 4.03. The lowest BCUT2D eigenvalue weighted by Gasteiger charge is -2.37. The molecule has 1 saturated heterocycles. The van der Waals surface area contributed by atoms with Crippen molar-refractivity contribution in [3.05, 3.63) is 35.9 Å². The van der Waals surface area contributed by atoms with Crippen LogP contribution in [0.4, 0.5) is 0 Å². The van der Waals surface area contributed by atoms with Gasteiger partial charge < -0.3 is 4.90 Å². The quantitative estimate of drug-likeness (QED) is 0.825. The molecule has 1 aliphatic heterocycles. The minimum atomic E-state index is -3.39. The summed E-state index contributed by atoms with van der Waals surface area (Å²) in [5.41, 5.74) is 1.00. The summed E-state index contributed by atoms with van der Waals surface area (Å²) in [5.74, 6) is 0. The van der Waals surface area contributed by atoms with Crippen LogP contribution in [-0.4, -0.2) is 62.2 Å². The second-order valence-corrected chi connectivity index (χ2v) is 7.90. The fraction of sp³-hybridized carbons (Fsp3) is 0.600. The number of piperidine rings is 1. The van der Waals surface area contributed by atoms with Gasteiger partial charge >= 0.3 is 0 Å². The average Bonchev–Trinajstić information content (AvgIpc) is 2.48. The molecule has 0 radical (unpaired) electrons. The van der Waals surface area contributed by atoms with E-state index in [1.54, 1.807) is 11.4 Å². The number of benzene rings is 1. The van der Waals surface area contributed by atoms with Gasteiger partial charge in [-0.05, 0) is 32.5 Å². The standard InChI is InChI=1S/C15H25N3O2S/c1-16(2)15-10-7-11-18(13-15)21(19,20)17(3)12-14-8-5-4-6-9-14/h4-6,8-9,15H,7,10-13H2,1-3H3/t15-/m0/s1. The van der Waals surface area contributed by atoms with Crippen molar-refractivity contribution in [3.8, 4) is 0 Å². The van der Waals surface area contributed by atoms with Crippen LogP contribution in [0, 0.1) is 0 Å². The van der Waals surface area contributed by atoms with E-state index in [4.69, 9.17) is 0 Å². The molecule has 0 N–H and O–H groups in total. The van der Waals surface area contributed by atoms with Crippen molar-refractivity contribution in [2.75, 3.05) is 34.2 Å². The third-order valence-corrected chi connectivity index (χ3v) is 5.96. The van der Waals surface area contributed by atoms with E-state index in [1.807, 2.05) is 44.4 Å². The smallest absolute Gasteiger partial charge is 0.282 e. The van der Waals surface area contributed by atoms with E-state index >= 15 is 0 Å². The zero-order valence-electron chi connectivity index (χ0n) is 13.1. The first kappa shape index (κ1) is 16.4. The van der Waals surface area contributed by atoms with Gasteiger partial charge in [0.25, 0.3) is 10.2 Å². The molecule has 0 saturated carbocycles. The molecule has 2 rings (SSSR count). The van der Waals surface area contributed by atoms with E-state index in [0.717, 1.165) is 18.4 Å². The Morgan fingerprint density at radius 1 is 1.19 bits per heavy atom. The summed E-state index contributed by atoms with van der Waals surface area (Å²) in [4.78, 5) is 2.11. The molecule has 6 heteroatoms. The molecule has 1 heterocycles. The lowest BCUT2D eigenvalue weighted by Crippen LogP contribution is -2.51. The highest BCUT2D eigenvalue weighted by atomic mass is 32.2. The van der Waals surface area contributed by atoms with Crippen LogP contribution in [0.15, 0.2) is 30.3 Å². The molecule has 0 spiro atoms. The summed E-state index contributed by atoms with van der Waals surface area (Å²) in [6.07, 6.45) is 1.97. The minimum Gasteiger partial charge on any atom is -0.305 e. The maximum Gasteiger partial charge on any atom is 0.282 e. The summed E-state index contributed by atoms with van der Waals surface area (Å²) in [7, 11) is 2.28. The molecule has 1 aliphatic rings. The summed E-state index contributed by atoms with van der Waals surface area (Å²) in [5, 5.41) is 0. The number of nitrogens with zero attached hydrogens (tertiary/aromatic N) is 3. The van der Waals surface area contributed by atoms with Crippen molar-refractivity contribution in [2.45, 2.75) is 25.4 Å². The van der Waals surface area contributed by atoms with Crippen LogP contribution in [0.25, 0.3) is 0 Å². The van der Waals surface area contributed by atoms with Gasteiger partial charge in [0.1, 0.15) is 0 Å². The monoisotopic (exact) mass is 311 g/mol. The lowest BCUT2D eigenvalue weighted by atomic mass is 10.1. The Hall–Kier alpha value is -0.950. The van der Waals surface area contributed by atoms with E-state index in [0.29, 0.717) is 25.7 Å². The highest BCUT2D eigenvalue weighted by Crippen LogP contribution is 2.19. The van der Waals surface area contributed by atoms with E-state index < -0.39 is 10.2 Å². The van der Waals surface area contributed by atoms with Gasteiger partial charge in [0.2, 0.25) is 0 Å². The Balaban J connectivity index is 2.06. The Kier molecular flexibility index (Phi) is 5.37. The number of likely N-dealkylation sites (N-methyl/N-ethyl adjacent to an activating group) is 1. The lowest BCUT2D eigenvalue weighted by molar-refractivity contribution is 0.184. The molecule has 1 fully saturated rings. The predicted octanol–water partition coefficient (Wildman–Crippen LogP) is 1.39. The molecule has 118 valence electrons. The molecular weight excluding hydrogens is 286 g/mol. The molecule has 21 heavy (non-hydrogen) atoms. The predicted molar refractivity (Wildman–Crippen MR) is 85.1 cm³/mol. The highest BCUT2D eigenvalue weighted by molar-refractivity contribution is 7.86. The topological polar surface area (TPSA) is 43.9 Å². The van der Waals surface area contributed by atoms with Crippen molar-refractivity contribution < 1.29 is 8.42 Å². The van der Waals surface area contributed by atoms with Crippen LogP contribution in [0.1, 0.15) is 18.4 Å². The molecule has 1 atom stereocenters. The number of hydrogen-bond acceptors (Lipinski definition) is 3. The van der Waals surface area contributed by atoms with Gasteiger partial charge in [0.15, 0.2) is 0 Å². The first-order chi connectivity index (χ1) is 9.91. The van der Waals surface area contributed by atoms with Crippen LogP contribution in [-0.2, 0) is 16.8 Å². The van der Waals surface area contributed by atoms with Crippen molar-refractivity contribution in [1.29, 1.82) is 0 Å². The zero-order chi connectivity index (χ0) is 15.5. The largest absolute Gasteiger partial charge is 0.305 e. The second kappa shape index (κ2) is 6.87. The molecule has 1 aromatic carbocycles. The summed E-state index contributed by atoms with van der Waals surface area (Å²) in [6.45, 7) is 1.60. The van der Waals surface area contributed by atoms with E-state index in [9.17, 15) is 8.42 Å². The van der Waals surface area contributed by atoms with Crippen molar-refractivity contribution in [2.24, 2.45) is 0 Å². The van der Waals surface area contributed by atoms with Crippen molar-refractivity contribution >= 4 is 10.2 Å². The van der Waals surface area contributed by atoms with Gasteiger partial charge in [0.05, 0.1) is 0 Å². The average molecular weight is 311 g/mol. The second-order valence-electron chi connectivity index (χ2n) is 5.87. The van der Waals surface area contributed by atoms with Gasteiger partial charge in [-0.15, -0.1) is 0 Å². The minimum absolute atomic E-state index is 0.304. The summed E-state index contributed by atoms with van der Waals surface area (Å²) in [6, 6.07) is 10.00. The Morgan fingerprint density at radius 3 is 2.48 bits per heavy atom. The van der Waals surface area contributed by atoms with Crippen LogP contribution in [0.2, 0.25) is 0 Å². The van der Waals surface area contributed by atoms with Crippen LogP contribution in [0.3, 0.4) is 0 Å². The zero-order valence-corrected chi connectivity index (χ0v) is 13.9. The van der Waals surface area contributed by atoms with E-state index in [-0.39, 0.29) is 0 Å². The Bertz CT molecular complexity index is 545. The van der Waals surface area contributed by atoms with E-state index in [1.165, 1.54) is 4.31 Å². The first-order valence-corrected chi connectivity index (χ1v) is 8.72. The maximum absolute atomic E-state index is 12.7. The molecule has 0 amide bonds. The van der Waals surface area contributed by atoms with Crippen molar-refractivity contribution in [3.63, 3.8) is 0 Å². The molecule has 5 nitrogen and oxygen atoms in total. The highest BCUT2D eigenvalue weighted by Gasteiger charge is 2.32. The molecule has 0 bridgehead atoms. The van der Waals surface area contributed by atoms with Gasteiger partial charge in [0, 0.05) is 32.7 Å². The molecule has 1 aromatic rings. The van der Waals surface area contributed by atoms with Gasteiger partial charge in [-0.2, -0.15) is 17.0 Å². The first-order valence-electron chi connectivity index (χ1n) is 7.33. The van der Waals surface area contributed by atoms with Gasteiger partial charge in [-0.25, -0.2) is 0 Å².